The van der Waals surface area contributed by atoms with E-state index in [4.69, 9.17) is 0 Å². The molecule has 0 spiro atoms. The molecule has 1 fully saturated rings. The number of anilines is 2. The average Bonchev–Trinajstić information content (AvgIpc) is 3.36. The standard InChI is InChI=1S/C27H32FN3O4S/c28-20-12-14-22(15-13-20)30-26(33)17-36(35)18-27(34)31(16-25(32)29-21-8-2-3-9-21)24-11-5-7-19-6-1-4-10-23(19)24/h5,7,11-15,21H,1-4,6,8-10,16-18H2,(H,29,32)(H,30,33). The van der Waals surface area contributed by atoms with Gasteiger partial charge in [0.2, 0.25) is 17.7 Å². The molecule has 2 aliphatic rings. The van der Waals surface area contributed by atoms with Crippen molar-refractivity contribution in [2.24, 2.45) is 0 Å². The molecule has 2 aromatic rings. The summed E-state index contributed by atoms with van der Waals surface area (Å²) in [6, 6.07) is 11.2. The van der Waals surface area contributed by atoms with Crippen LogP contribution in [0.25, 0.3) is 0 Å². The van der Waals surface area contributed by atoms with Crippen LogP contribution in [0.3, 0.4) is 0 Å². The minimum absolute atomic E-state index is 0.128. The SMILES string of the molecule is O=C(CS(=O)CC(=O)N(CC(=O)NC1CCCC1)c1cccc2c1CCCC2)Nc1ccc(F)cc1. The van der Waals surface area contributed by atoms with E-state index in [0.717, 1.165) is 56.9 Å². The number of hydrogen-bond donors (Lipinski definition) is 2. The van der Waals surface area contributed by atoms with Crippen molar-refractivity contribution in [1.29, 1.82) is 0 Å². The first-order valence-electron chi connectivity index (χ1n) is 12.5. The summed E-state index contributed by atoms with van der Waals surface area (Å²) < 4.78 is 25.8. The summed E-state index contributed by atoms with van der Waals surface area (Å²) in [6.45, 7) is -0.148. The molecular weight excluding hydrogens is 481 g/mol. The van der Waals surface area contributed by atoms with Crippen molar-refractivity contribution >= 4 is 39.9 Å². The van der Waals surface area contributed by atoms with Gasteiger partial charge in [-0.3, -0.25) is 18.6 Å². The molecule has 0 aromatic heterocycles. The molecule has 0 saturated heterocycles. The van der Waals surface area contributed by atoms with Crippen molar-refractivity contribution in [2.75, 3.05) is 28.3 Å². The maximum absolute atomic E-state index is 13.4. The Morgan fingerprint density at radius 1 is 0.917 bits per heavy atom. The number of carbonyl (C=O) groups excluding carboxylic acids is 3. The van der Waals surface area contributed by atoms with Crippen LogP contribution in [0, 0.1) is 5.82 Å². The highest BCUT2D eigenvalue weighted by molar-refractivity contribution is 7.86. The third kappa shape index (κ3) is 7.00. The summed E-state index contributed by atoms with van der Waals surface area (Å²) in [6.07, 6.45) is 7.88. The second-order valence-electron chi connectivity index (χ2n) is 9.43. The molecule has 1 atom stereocenters. The molecule has 1 saturated carbocycles. The number of halogens is 1. The number of aryl methyl sites for hydroxylation is 1. The number of rotatable bonds is 9. The molecule has 1 unspecified atom stereocenters. The monoisotopic (exact) mass is 513 g/mol. The largest absolute Gasteiger partial charge is 0.352 e. The fraction of sp³-hybridized carbons (Fsp3) is 0.444. The van der Waals surface area contributed by atoms with Crippen LogP contribution in [0.15, 0.2) is 42.5 Å². The summed E-state index contributed by atoms with van der Waals surface area (Å²) in [5.74, 6) is -2.40. The van der Waals surface area contributed by atoms with Gasteiger partial charge in [0.05, 0.1) is 0 Å². The van der Waals surface area contributed by atoms with Gasteiger partial charge in [0.15, 0.2) is 0 Å². The number of fused-ring (bicyclic) bond motifs is 1. The Hall–Kier alpha value is -3.07. The topological polar surface area (TPSA) is 95.6 Å². The predicted octanol–water partition coefficient (Wildman–Crippen LogP) is 3.48. The van der Waals surface area contributed by atoms with Crippen LogP contribution in [0.4, 0.5) is 15.8 Å². The van der Waals surface area contributed by atoms with Gasteiger partial charge in [0, 0.05) is 28.2 Å². The Labute approximate surface area is 213 Å². The number of nitrogens with zero attached hydrogens (tertiary/aromatic N) is 1. The smallest absolute Gasteiger partial charge is 0.240 e. The molecule has 0 heterocycles. The molecule has 4 rings (SSSR count). The number of amides is 3. The van der Waals surface area contributed by atoms with E-state index < -0.39 is 28.4 Å². The van der Waals surface area contributed by atoms with Crippen LogP contribution in [0.2, 0.25) is 0 Å². The van der Waals surface area contributed by atoms with Crippen molar-refractivity contribution in [3.8, 4) is 0 Å². The van der Waals surface area contributed by atoms with E-state index in [1.54, 1.807) is 0 Å². The van der Waals surface area contributed by atoms with E-state index >= 15 is 0 Å². The van der Waals surface area contributed by atoms with E-state index in [1.165, 1.54) is 34.7 Å². The van der Waals surface area contributed by atoms with Crippen molar-refractivity contribution in [2.45, 2.75) is 57.4 Å². The summed E-state index contributed by atoms with van der Waals surface area (Å²) in [5.41, 5.74) is 3.30. The molecule has 3 amide bonds. The lowest BCUT2D eigenvalue weighted by Gasteiger charge is -2.28. The molecule has 2 aliphatic carbocycles. The molecule has 7 nitrogen and oxygen atoms in total. The first kappa shape index (κ1) is 26.0. The molecule has 192 valence electrons. The van der Waals surface area contributed by atoms with Crippen LogP contribution < -0.4 is 15.5 Å². The van der Waals surface area contributed by atoms with Gasteiger partial charge in [-0.25, -0.2) is 4.39 Å². The maximum Gasteiger partial charge on any atom is 0.240 e. The van der Waals surface area contributed by atoms with Crippen molar-refractivity contribution in [3.05, 3.63) is 59.4 Å². The van der Waals surface area contributed by atoms with E-state index in [-0.39, 0.29) is 30.0 Å². The van der Waals surface area contributed by atoms with E-state index in [0.29, 0.717) is 11.4 Å². The normalized spacial score (nSPS) is 16.1. The van der Waals surface area contributed by atoms with Gasteiger partial charge in [-0.1, -0.05) is 25.0 Å². The lowest BCUT2D eigenvalue weighted by Crippen LogP contribution is -2.45. The van der Waals surface area contributed by atoms with Gasteiger partial charge >= 0.3 is 0 Å². The number of carbonyl (C=O) groups is 3. The van der Waals surface area contributed by atoms with Gasteiger partial charge in [-0.05, 0) is 80.0 Å². The van der Waals surface area contributed by atoms with E-state index in [9.17, 15) is 23.0 Å². The van der Waals surface area contributed by atoms with Crippen molar-refractivity contribution in [3.63, 3.8) is 0 Å². The van der Waals surface area contributed by atoms with Crippen LogP contribution in [-0.2, 0) is 38.0 Å². The molecule has 9 heteroatoms. The minimum atomic E-state index is -1.78. The van der Waals surface area contributed by atoms with Gasteiger partial charge in [-0.2, -0.15) is 0 Å². The fourth-order valence-corrected chi connectivity index (χ4v) is 5.85. The van der Waals surface area contributed by atoms with E-state index in [1.807, 2.05) is 12.1 Å². The Morgan fingerprint density at radius 2 is 1.64 bits per heavy atom. The van der Waals surface area contributed by atoms with Crippen molar-refractivity contribution in [1.82, 2.24) is 5.32 Å². The lowest BCUT2D eigenvalue weighted by molar-refractivity contribution is -0.123. The summed E-state index contributed by atoms with van der Waals surface area (Å²) in [7, 11) is -1.78. The highest BCUT2D eigenvalue weighted by atomic mass is 32.2. The summed E-state index contributed by atoms with van der Waals surface area (Å²) in [4.78, 5) is 40.0. The first-order chi connectivity index (χ1) is 17.4. The third-order valence-electron chi connectivity index (χ3n) is 6.69. The minimum Gasteiger partial charge on any atom is -0.352 e. The molecular formula is C27H32FN3O4S. The maximum atomic E-state index is 13.4. The molecule has 0 radical (unpaired) electrons. The summed E-state index contributed by atoms with van der Waals surface area (Å²) in [5, 5.41) is 5.59. The van der Waals surface area contributed by atoms with Gasteiger partial charge in [0.1, 0.15) is 23.9 Å². The van der Waals surface area contributed by atoms with Gasteiger partial charge < -0.3 is 15.5 Å². The highest BCUT2D eigenvalue weighted by Gasteiger charge is 2.27. The van der Waals surface area contributed by atoms with Crippen molar-refractivity contribution < 1.29 is 23.0 Å². The van der Waals surface area contributed by atoms with Gasteiger partial charge in [-0.15, -0.1) is 0 Å². The van der Waals surface area contributed by atoms with Crippen LogP contribution in [-0.4, -0.2) is 46.0 Å². The Bertz CT molecular complexity index is 1130. The number of nitrogens with one attached hydrogen (secondary N) is 2. The van der Waals surface area contributed by atoms with Gasteiger partial charge in [0.25, 0.3) is 0 Å². The first-order valence-corrected chi connectivity index (χ1v) is 14.0. The predicted molar refractivity (Wildman–Crippen MR) is 139 cm³/mol. The van der Waals surface area contributed by atoms with E-state index in [2.05, 4.69) is 16.7 Å². The highest BCUT2D eigenvalue weighted by Crippen LogP contribution is 2.31. The van der Waals surface area contributed by atoms with Crippen LogP contribution in [0.5, 0.6) is 0 Å². The molecule has 36 heavy (non-hydrogen) atoms. The van der Waals surface area contributed by atoms with Crippen LogP contribution >= 0.6 is 0 Å². The quantitative estimate of drug-likeness (QED) is 0.537. The Balaban J connectivity index is 1.45. The molecule has 0 bridgehead atoms. The second-order valence-corrected chi connectivity index (χ2v) is 10.9. The molecule has 2 aromatic carbocycles. The molecule has 2 N–H and O–H groups in total. The zero-order valence-electron chi connectivity index (χ0n) is 20.3. The second kappa shape index (κ2) is 12.3. The fourth-order valence-electron chi connectivity index (χ4n) is 4.95. The number of hydrogen-bond acceptors (Lipinski definition) is 4. The Morgan fingerprint density at radius 3 is 2.39 bits per heavy atom. The third-order valence-corrected chi connectivity index (χ3v) is 7.84. The summed E-state index contributed by atoms with van der Waals surface area (Å²) >= 11 is 0. The Kier molecular flexibility index (Phi) is 8.85. The zero-order chi connectivity index (χ0) is 25.5. The van der Waals surface area contributed by atoms with Crippen LogP contribution in [0.1, 0.15) is 49.7 Å². The average molecular weight is 514 g/mol. The lowest BCUT2D eigenvalue weighted by atomic mass is 9.90. The molecule has 0 aliphatic heterocycles. The number of benzene rings is 2. The zero-order valence-corrected chi connectivity index (χ0v) is 21.1.